The van der Waals surface area contributed by atoms with Gasteiger partial charge in [0.2, 0.25) is 11.7 Å². The molecule has 10 heteroatoms. The highest BCUT2D eigenvalue weighted by molar-refractivity contribution is 5.99. The highest BCUT2D eigenvalue weighted by Crippen LogP contribution is 2.23. The van der Waals surface area contributed by atoms with Gasteiger partial charge in [-0.25, -0.2) is 4.79 Å². The van der Waals surface area contributed by atoms with Gasteiger partial charge in [0.1, 0.15) is 23.3 Å². The second-order valence-corrected chi connectivity index (χ2v) is 6.57. The summed E-state index contributed by atoms with van der Waals surface area (Å²) in [6.45, 7) is 1.21. The van der Waals surface area contributed by atoms with Crippen molar-refractivity contribution in [1.29, 1.82) is 5.41 Å². The molecule has 0 spiro atoms. The Labute approximate surface area is 183 Å². The highest BCUT2D eigenvalue weighted by atomic mass is 35.5. The van der Waals surface area contributed by atoms with E-state index in [1.54, 1.807) is 36.4 Å². The van der Waals surface area contributed by atoms with Crippen LogP contribution in [0.5, 0.6) is 5.75 Å². The van der Waals surface area contributed by atoms with Crippen molar-refractivity contribution in [2.24, 2.45) is 11.7 Å². The Balaban J connectivity index is 0.00000341. The van der Waals surface area contributed by atoms with E-state index < -0.39 is 23.8 Å². The monoisotopic (exact) mass is 445 g/mol. The lowest BCUT2D eigenvalue weighted by atomic mass is 10.1. The lowest BCUT2D eigenvalue weighted by Crippen LogP contribution is -2.32. The minimum Gasteiger partial charge on any atom is -0.481 e. The van der Waals surface area contributed by atoms with E-state index in [4.69, 9.17) is 25.4 Å². The van der Waals surface area contributed by atoms with Crippen molar-refractivity contribution in [3.8, 4) is 5.75 Å². The number of furan rings is 1. The Morgan fingerprint density at radius 2 is 1.81 bits per heavy atom. The number of rotatable bonds is 7. The lowest BCUT2D eigenvalue weighted by Gasteiger charge is -2.07. The van der Waals surface area contributed by atoms with Crippen LogP contribution in [0.25, 0.3) is 10.8 Å². The normalized spacial score (nSPS) is 11.3. The number of nitrogen functional groups attached to an aromatic ring is 1. The molecule has 9 nitrogen and oxygen atoms in total. The van der Waals surface area contributed by atoms with Gasteiger partial charge in [0.25, 0.3) is 0 Å². The molecule has 1 heterocycles. The molecule has 0 saturated carbocycles. The Kier molecular flexibility index (Phi) is 7.38. The quantitative estimate of drug-likeness (QED) is 0.143. The van der Waals surface area contributed by atoms with Gasteiger partial charge in [-0.1, -0.05) is 18.2 Å². The molecule has 1 amide bonds. The fourth-order valence-corrected chi connectivity index (χ4v) is 2.63. The first-order valence-electron chi connectivity index (χ1n) is 8.94. The van der Waals surface area contributed by atoms with E-state index in [-0.39, 0.29) is 36.3 Å². The number of ether oxygens (including phenoxy) is 1. The summed E-state index contributed by atoms with van der Waals surface area (Å²) < 4.78 is 10.7. The number of halogens is 1. The molecule has 162 valence electrons. The fourth-order valence-electron chi connectivity index (χ4n) is 2.63. The number of carbonyl (C=O) groups excluding carboxylic acids is 2. The fraction of sp³-hybridized carbons (Fsp3) is 0.143. The summed E-state index contributed by atoms with van der Waals surface area (Å²) in [6.07, 6.45) is 0. The molecule has 2 aromatic carbocycles. The molecule has 0 bridgehead atoms. The van der Waals surface area contributed by atoms with Gasteiger partial charge in [0.05, 0.1) is 6.54 Å². The second-order valence-electron chi connectivity index (χ2n) is 6.57. The molecule has 1 aromatic heterocycles. The Morgan fingerprint density at radius 1 is 1.13 bits per heavy atom. The molecule has 31 heavy (non-hydrogen) atoms. The average molecular weight is 446 g/mol. The topological polar surface area (TPSA) is 156 Å². The molecular formula is C21H20ClN3O6. The number of benzene rings is 2. The molecule has 3 aromatic rings. The summed E-state index contributed by atoms with van der Waals surface area (Å²) in [5.74, 6) is -3.30. The minimum atomic E-state index is -1.23. The number of aliphatic carboxylic acids is 1. The predicted octanol–water partition coefficient (Wildman–Crippen LogP) is 2.69. The molecule has 0 aliphatic heterocycles. The van der Waals surface area contributed by atoms with Crippen LogP contribution in [-0.2, 0) is 16.1 Å². The number of carboxylic acid groups (broad SMARTS) is 1. The average Bonchev–Trinajstić information content (AvgIpc) is 3.20. The number of carboxylic acids is 1. The van der Waals surface area contributed by atoms with Crippen molar-refractivity contribution >= 4 is 46.9 Å². The number of hydrogen-bond acceptors (Lipinski definition) is 6. The number of amides is 1. The number of fused-ring (bicyclic) bond motifs is 1. The van der Waals surface area contributed by atoms with E-state index in [0.29, 0.717) is 11.3 Å². The predicted molar refractivity (Wildman–Crippen MR) is 115 cm³/mol. The number of nitrogens with two attached hydrogens (primary N) is 1. The van der Waals surface area contributed by atoms with E-state index in [1.165, 1.54) is 19.1 Å². The first-order valence-corrected chi connectivity index (χ1v) is 8.94. The molecule has 5 N–H and O–H groups in total. The van der Waals surface area contributed by atoms with Crippen LogP contribution < -0.4 is 15.8 Å². The van der Waals surface area contributed by atoms with Gasteiger partial charge in [-0.3, -0.25) is 15.0 Å². The third-order valence-electron chi connectivity index (χ3n) is 4.40. The van der Waals surface area contributed by atoms with Gasteiger partial charge >= 0.3 is 11.9 Å². The molecule has 0 saturated heterocycles. The molecule has 0 fully saturated rings. The van der Waals surface area contributed by atoms with Crippen LogP contribution >= 0.6 is 12.4 Å². The van der Waals surface area contributed by atoms with Gasteiger partial charge in [-0.05, 0) is 48.0 Å². The van der Waals surface area contributed by atoms with E-state index in [0.717, 1.165) is 10.8 Å². The molecule has 0 aliphatic rings. The lowest BCUT2D eigenvalue weighted by molar-refractivity contribution is -0.146. The van der Waals surface area contributed by atoms with Crippen molar-refractivity contribution in [2.75, 3.05) is 0 Å². The molecule has 0 radical (unpaired) electrons. The minimum absolute atomic E-state index is 0. The van der Waals surface area contributed by atoms with Crippen LogP contribution in [0.1, 0.15) is 28.8 Å². The van der Waals surface area contributed by atoms with E-state index in [9.17, 15) is 14.4 Å². The Bertz CT molecular complexity index is 1160. The van der Waals surface area contributed by atoms with Crippen LogP contribution in [0.3, 0.4) is 0 Å². The zero-order valence-corrected chi connectivity index (χ0v) is 17.2. The highest BCUT2D eigenvalue weighted by Gasteiger charge is 2.21. The number of hydrogen-bond donors (Lipinski definition) is 4. The zero-order valence-electron chi connectivity index (χ0n) is 16.4. The van der Waals surface area contributed by atoms with Gasteiger partial charge in [-0.2, -0.15) is 0 Å². The van der Waals surface area contributed by atoms with Crippen LogP contribution in [0, 0.1) is 11.3 Å². The van der Waals surface area contributed by atoms with Gasteiger partial charge in [0, 0.05) is 5.56 Å². The maximum atomic E-state index is 12.3. The smallest absolute Gasteiger partial charge is 0.379 e. The van der Waals surface area contributed by atoms with E-state index >= 15 is 0 Å². The maximum Gasteiger partial charge on any atom is 0.379 e. The maximum absolute atomic E-state index is 12.3. The van der Waals surface area contributed by atoms with Crippen molar-refractivity contribution in [3.63, 3.8) is 0 Å². The SMILES string of the molecule is CC(C(=O)O)C(=O)NCc1ccc(C(=O)Oc2ccc3cc(C(=N)N)ccc3c2)o1.Cl. The first kappa shape index (κ1) is 23.4. The van der Waals surface area contributed by atoms with Crippen LogP contribution in [-0.4, -0.2) is 28.8 Å². The molecule has 1 unspecified atom stereocenters. The molecule has 0 aliphatic carbocycles. The molecule has 1 atom stereocenters. The third-order valence-corrected chi connectivity index (χ3v) is 4.40. The Hall–Kier alpha value is -3.85. The van der Waals surface area contributed by atoms with Gasteiger partial charge in [0.15, 0.2) is 0 Å². The number of nitrogens with one attached hydrogen (secondary N) is 2. The van der Waals surface area contributed by atoms with Crippen LogP contribution in [0.4, 0.5) is 0 Å². The first-order chi connectivity index (χ1) is 14.2. The molecular weight excluding hydrogens is 426 g/mol. The van der Waals surface area contributed by atoms with Crippen molar-refractivity contribution in [2.45, 2.75) is 13.5 Å². The van der Waals surface area contributed by atoms with Crippen LogP contribution in [0.15, 0.2) is 52.9 Å². The standard InChI is InChI=1S/C21H19N3O6.ClH/c1-11(20(26)27)19(25)24-10-16-6-7-17(29-16)21(28)30-15-5-4-12-8-14(18(22)23)3-2-13(12)9-15;/h2-9,11H,10H2,1H3,(H3,22,23)(H,24,25)(H,26,27);1H. The second kappa shape index (κ2) is 9.77. The van der Waals surface area contributed by atoms with E-state index in [2.05, 4.69) is 5.32 Å². The van der Waals surface area contributed by atoms with Gasteiger partial charge < -0.3 is 25.3 Å². The third kappa shape index (κ3) is 5.61. The number of esters is 1. The summed E-state index contributed by atoms with van der Waals surface area (Å²) in [7, 11) is 0. The summed E-state index contributed by atoms with van der Waals surface area (Å²) in [5.41, 5.74) is 6.08. The van der Waals surface area contributed by atoms with E-state index in [1.807, 2.05) is 0 Å². The van der Waals surface area contributed by atoms with Crippen LogP contribution in [0.2, 0.25) is 0 Å². The number of carbonyl (C=O) groups is 3. The zero-order chi connectivity index (χ0) is 21.8. The Morgan fingerprint density at radius 3 is 2.48 bits per heavy atom. The van der Waals surface area contributed by atoms with Crippen molar-refractivity contribution < 1.29 is 28.6 Å². The summed E-state index contributed by atoms with van der Waals surface area (Å²) in [4.78, 5) is 34.8. The summed E-state index contributed by atoms with van der Waals surface area (Å²) in [5, 5.41) is 20.4. The largest absolute Gasteiger partial charge is 0.481 e. The molecule has 3 rings (SSSR count). The number of amidine groups is 1. The van der Waals surface area contributed by atoms with Gasteiger partial charge in [-0.15, -0.1) is 12.4 Å². The van der Waals surface area contributed by atoms with Crippen molar-refractivity contribution in [1.82, 2.24) is 5.32 Å². The summed E-state index contributed by atoms with van der Waals surface area (Å²) >= 11 is 0. The van der Waals surface area contributed by atoms with Crippen molar-refractivity contribution in [3.05, 3.63) is 65.6 Å². The summed E-state index contributed by atoms with van der Waals surface area (Å²) in [6, 6.07) is 13.2.